The van der Waals surface area contributed by atoms with Crippen LogP contribution >= 0.6 is 0 Å². The van der Waals surface area contributed by atoms with Crippen molar-refractivity contribution in [1.82, 2.24) is 4.31 Å². The molecule has 7 nitrogen and oxygen atoms in total. The fourth-order valence-electron chi connectivity index (χ4n) is 2.29. The first-order valence-electron chi connectivity index (χ1n) is 6.43. The fraction of sp³-hybridized carbons (Fsp3) is 0.500. The minimum atomic E-state index is -3.69. The highest BCUT2D eigenvalue weighted by Gasteiger charge is 2.29. The summed E-state index contributed by atoms with van der Waals surface area (Å²) < 4.78 is 26.6. The van der Waals surface area contributed by atoms with Gasteiger partial charge in [-0.1, -0.05) is 6.42 Å². The molecule has 0 aromatic heterocycles. The zero-order chi connectivity index (χ0) is 14.8. The molecule has 110 valence electrons. The molecule has 1 aliphatic rings. The van der Waals surface area contributed by atoms with Crippen molar-refractivity contribution in [2.75, 3.05) is 25.5 Å². The largest absolute Gasteiger partial charge is 0.387 e. The Balaban J connectivity index is 2.48. The lowest BCUT2D eigenvalue weighted by Crippen LogP contribution is -2.35. The average Bonchev–Trinajstić information content (AvgIpc) is 2.47. The van der Waals surface area contributed by atoms with Crippen LogP contribution < -0.4 is 5.32 Å². The molecule has 0 atom stereocenters. The minimum Gasteiger partial charge on any atom is -0.387 e. The van der Waals surface area contributed by atoms with E-state index >= 15 is 0 Å². The van der Waals surface area contributed by atoms with Crippen LogP contribution in [0.4, 0.5) is 11.4 Å². The van der Waals surface area contributed by atoms with E-state index < -0.39 is 14.9 Å². The van der Waals surface area contributed by atoms with Crippen molar-refractivity contribution in [3.05, 3.63) is 28.3 Å². The van der Waals surface area contributed by atoms with Crippen molar-refractivity contribution < 1.29 is 13.3 Å². The second-order valence-electron chi connectivity index (χ2n) is 4.65. The lowest BCUT2D eigenvalue weighted by atomic mass is 10.2. The molecule has 1 aromatic carbocycles. The minimum absolute atomic E-state index is 0.0314. The van der Waals surface area contributed by atoms with Crippen LogP contribution in [0.5, 0.6) is 0 Å². The van der Waals surface area contributed by atoms with E-state index in [4.69, 9.17) is 0 Å². The van der Waals surface area contributed by atoms with Crippen molar-refractivity contribution in [1.29, 1.82) is 0 Å². The highest BCUT2D eigenvalue weighted by molar-refractivity contribution is 7.89. The van der Waals surface area contributed by atoms with E-state index in [2.05, 4.69) is 5.32 Å². The van der Waals surface area contributed by atoms with Gasteiger partial charge < -0.3 is 5.32 Å². The van der Waals surface area contributed by atoms with E-state index in [-0.39, 0.29) is 10.6 Å². The van der Waals surface area contributed by atoms with Gasteiger partial charge in [0, 0.05) is 32.3 Å². The Bertz CT molecular complexity index is 609. The Hall–Kier alpha value is -1.67. The Morgan fingerprint density at radius 3 is 2.45 bits per heavy atom. The van der Waals surface area contributed by atoms with E-state index in [0.717, 1.165) is 25.3 Å². The number of nitro groups is 1. The Morgan fingerprint density at radius 2 is 1.90 bits per heavy atom. The van der Waals surface area contributed by atoms with Crippen molar-refractivity contribution >= 4 is 21.4 Å². The van der Waals surface area contributed by atoms with E-state index in [0.29, 0.717) is 18.8 Å². The highest BCUT2D eigenvalue weighted by atomic mass is 32.2. The van der Waals surface area contributed by atoms with Crippen molar-refractivity contribution in [3.8, 4) is 0 Å². The molecule has 1 fully saturated rings. The molecule has 0 bridgehead atoms. The molecule has 8 heteroatoms. The highest BCUT2D eigenvalue weighted by Crippen LogP contribution is 2.30. The summed E-state index contributed by atoms with van der Waals surface area (Å²) in [5.41, 5.74) is 0.153. The van der Waals surface area contributed by atoms with Crippen molar-refractivity contribution in [2.24, 2.45) is 0 Å². The summed E-state index contributed by atoms with van der Waals surface area (Å²) in [6, 6.07) is 3.84. The zero-order valence-electron chi connectivity index (χ0n) is 11.2. The molecule has 1 N–H and O–H groups in total. The van der Waals surface area contributed by atoms with Crippen LogP contribution in [-0.4, -0.2) is 37.8 Å². The van der Waals surface area contributed by atoms with E-state index in [1.165, 1.54) is 16.4 Å². The standard InChI is InChI=1S/C12H17N3O4S/c1-13-11-6-5-10(15(16)17)9-12(11)20(18,19)14-7-3-2-4-8-14/h5-6,9,13H,2-4,7-8H2,1H3. The van der Waals surface area contributed by atoms with Gasteiger partial charge >= 0.3 is 0 Å². The molecule has 1 aliphatic heterocycles. The SMILES string of the molecule is CNc1ccc([N+](=O)[O-])cc1S(=O)(=O)N1CCCCC1. The summed E-state index contributed by atoms with van der Waals surface area (Å²) >= 11 is 0. The summed E-state index contributed by atoms with van der Waals surface area (Å²) in [5.74, 6) is 0. The topological polar surface area (TPSA) is 92.5 Å². The molecule has 0 spiro atoms. The number of anilines is 1. The normalized spacial score (nSPS) is 16.9. The summed E-state index contributed by atoms with van der Waals surface area (Å²) in [5, 5.41) is 13.6. The van der Waals surface area contributed by atoms with Gasteiger partial charge in [-0.25, -0.2) is 8.42 Å². The number of sulfonamides is 1. The lowest BCUT2D eigenvalue weighted by molar-refractivity contribution is -0.385. The maximum absolute atomic E-state index is 12.6. The molecule has 0 radical (unpaired) electrons. The number of hydrogen-bond acceptors (Lipinski definition) is 5. The quantitative estimate of drug-likeness (QED) is 0.676. The van der Waals surface area contributed by atoms with Crippen LogP contribution in [0.15, 0.2) is 23.1 Å². The summed E-state index contributed by atoms with van der Waals surface area (Å²) in [6.45, 7) is 0.933. The second kappa shape index (κ2) is 5.76. The zero-order valence-corrected chi connectivity index (χ0v) is 12.0. The van der Waals surface area contributed by atoms with Gasteiger partial charge in [0.2, 0.25) is 10.0 Å². The number of benzene rings is 1. The van der Waals surface area contributed by atoms with E-state index in [1.807, 2.05) is 0 Å². The molecule has 2 rings (SSSR count). The van der Waals surface area contributed by atoms with Gasteiger partial charge in [0.15, 0.2) is 0 Å². The third-order valence-electron chi connectivity index (χ3n) is 3.38. The predicted molar refractivity (Wildman–Crippen MR) is 75.3 cm³/mol. The van der Waals surface area contributed by atoms with E-state index in [9.17, 15) is 18.5 Å². The maximum atomic E-state index is 12.6. The molecule has 0 amide bonds. The molecular formula is C12H17N3O4S. The molecule has 0 aliphatic carbocycles. The molecule has 0 unspecified atom stereocenters. The Morgan fingerprint density at radius 1 is 1.25 bits per heavy atom. The number of rotatable bonds is 4. The van der Waals surface area contributed by atoms with Gasteiger partial charge in [0.05, 0.1) is 10.6 Å². The van der Waals surface area contributed by atoms with Crippen LogP contribution in [0.3, 0.4) is 0 Å². The number of nitrogens with zero attached hydrogens (tertiary/aromatic N) is 2. The van der Waals surface area contributed by atoms with Gasteiger partial charge in [-0.2, -0.15) is 4.31 Å². The average molecular weight is 299 g/mol. The molecule has 1 aromatic rings. The number of nitrogens with one attached hydrogen (secondary N) is 1. The first kappa shape index (κ1) is 14.7. The molecule has 1 saturated heterocycles. The van der Waals surface area contributed by atoms with Gasteiger partial charge in [-0.15, -0.1) is 0 Å². The van der Waals surface area contributed by atoms with Gasteiger partial charge in [-0.3, -0.25) is 10.1 Å². The van der Waals surface area contributed by atoms with Gasteiger partial charge in [0.1, 0.15) is 4.90 Å². The summed E-state index contributed by atoms with van der Waals surface area (Å²) in [4.78, 5) is 10.2. The second-order valence-corrected chi connectivity index (χ2v) is 6.56. The summed E-state index contributed by atoms with van der Waals surface area (Å²) in [6.07, 6.45) is 2.66. The predicted octanol–water partition coefficient (Wildman–Crippen LogP) is 1.81. The van der Waals surface area contributed by atoms with Crippen LogP contribution in [0, 0.1) is 10.1 Å². The smallest absolute Gasteiger partial charge is 0.270 e. The molecule has 20 heavy (non-hydrogen) atoms. The molecule has 1 heterocycles. The summed E-state index contributed by atoms with van der Waals surface area (Å²) in [7, 11) is -2.10. The monoisotopic (exact) mass is 299 g/mol. The number of non-ortho nitro benzene ring substituents is 1. The van der Waals surface area contributed by atoms with Crippen LogP contribution in [0.1, 0.15) is 19.3 Å². The Kier molecular flexibility index (Phi) is 4.24. The van der Waals surface area contributed by atoms with Gasteiger partial charge in [-0.05, 0) is 18.9 Å². The third-order valence-corrected chi connectivity index (χ3v) is 5.32. The first-order valence-corrected chi connectivity index (χ1v) is 7.87. The number of piperidine rings is 1. The van der Waals surface area contributed by atoms with Crippen molar-refractivity contribution in [3.63, 3.8) is 0 Å². The van der Waals surface area contributed by atoms with Gasteiger partial charge in [0.25, 0.3) is 5.69 Å². The number of hydrogen-bond donors (Lipinski definition) is 1. The van der Waals surface area contributed by atoms with Crippen LogP contribution in [-0.2, 0) is 10.0 Å². The lowest BCUT2D eigenvalue weighted by Gasteiger charge is -2.26. The Labute approximate surface area is 117 Å². The first-order chi connectivity index (χ1) is 9.46. The fourth-order valence-corrected chi connectivity index (χ4v) is 4.02. The maximum Gasteiger partial charge on any atom is 0.270 e. The van der Waals surface area contributed by atoms with Crippen LogP contribution in [0.2, 0.25) is 0 Å². The van der Waals surface area contributed by atoms with Crippen LogP contribution in [0.25, 0.3) is 0 Å². The number of nitro benzene ring substituents is 1. The molecular weight excluding hydrogens is 282 g/mol. The van der Waals surface area contributed by atoms with Crippen molar-refractivity contribution in [2.45, 2.75) is 24.2 Å². The van der Waals surface area contributed by atoms with E-state index in [1.54, 1.807) is 7.05 Å². The molecule has 0 saturated carbocycles. The third kappa shape index (κ3) is 2.75.